The van der Waals surface area contributed by atoms with Crippen molar-refractivity contribution in [1.29, 1.82) is 0 Å². The maximum Gasteiger partial charge on any atom is 0.231 e. The lowest BCUT2D eigenvalue weighted by Gasteiger charge is -2.18. The molecule has 3 rings (SSSR count). The summed E-state index contributed by atoms with van der Waals surface area (Å²) in [6.45, 7) is 12.6. The number of fused-ring (bicyclic) bond motifs is 1. The average molecular weight is 367 g/mol. The third-order valence-corrected chi connectivity index (χ3v) is 5.50. The van der Waals surface area contributed by atoms with Gasteiger partial charge in [-0.05, 0) is 86.2 Å². The van der Waals surface area contributed by atoms with Crippen LogP contribution in [0.25, 0.3) is 0 Å². The van der Waals surface area contributed by atoms with E-state index < -0.39 is 0 Å². The van der Waals surface area contributed by atoms with Gasteiger partial charge in [-0.2, -0.15) is 0 Å². The fourth-order valence-corrected chi connectivity index (χ4v) is 3.32. The lowest BCUT2D eigenvalue weighted by Crippen LogP contribution is -2.13. The Morgan fingerprint density at radius 1 is 0.963 bits per heavy atom. The first-order valence-corrected chi connectivity index (χ1v) is 8.98. The molecule has 1 aliphatic rings. The first-order chi connectivity index (χ1) is 12.8. The normalized spacial score (nSPS) is 13.0. The summed E-state index contributed by atoms with van der Waals surface area (Å²) in [5.74, 6) is 1.11. The lowest BCUT2D eigenvalue weighted by atomic mass is 9.90. The zero-order valence-electron chi connectivity index (χ0n) is 16.7. The third kappa shape index (κ3) is 3.54. The molecule has 0 saturated heterocycles. The zero-order chi connectivity index (χ0) is 19.7. The van der Waals surface area contributed by atoms with Crippen LogP contribution in [0.15, 0.2) is 23.4 Å². The molecule has 2 aromatic rings. The van der Waals surface area contributed by atoms with Gasteiger partial charge in [0.25, 0.3) is 0 Å². The van der Waals surface area contributed by atoms with E-state index in [1.165, 1.54) is 34.7 Å². The maximum atomic E-state index is 12.1. The molecule has 1 heterocycles. The van der Waals surface area contributed by atoms with Crippen molar-refractivity contribution in [3.8, 4) is 11.5 Å². The average Bonchev–Trinajstić information content (AvgIpc) is 3.11. The molecule has 27 heavy (non-hydrogen) atoms. The van der Waals surface area contributed by atoms with Gasteiger partial charge in [0.15, 0.2) is 23.0 Å². The minimum atomic E-state index is -0.168. The van der Waals surface area contributed by atoms with E-state index in [9.17, 15) is 4.79 Å². The standard InChI is InChI=1S/C22H25NO4/c1-12-13(2)15(4)19(16(5)14(12)3)10-27-23-22(17(6)24)18-7-8-20-21(9-18)26-11-25-20/h7-9H,10-11H2,1-6H3. The Labute approximate surface area is 159 Å². The number of hydrogen-bond donors (Lipinski definition) is 0. The molecule has 0 aromatic heterocycles. The fourth-order valence-electron chi connectivity index (χ4n) is 3.32. The molecule has 5 heteroatoms. The largest absolute Gasteiger partial charge is 0.454 e. The predicted octanol–water partition coefficient (Wildman–Crippen LogP) is 4.47. The lowest BCUT2D eigenvalue weighted by molar-refractivity contribution is -0.111. The SMILES string of the molecule is CC(=O)C(=NOCc1c(C)c(C)c(C)c(C)c1C)c1ccc2c(c1)OCO2. The summed E-state index contributed by atoms with van der Waals surface area (Å²) in [5.41, 5.74) is 8.29. The van der Waals surface area contributed by atoms with E-state index in [4.69, 9.17) is 14.3 Å². The molecule has 0 bridgehead atoms. The molecule has 2 aromatic carbocycles. The molecule has 0 spiro atoms. The van der Waals surface area contributed by atoms with E-state index >= 15 is 0 Å². The molecule has 1 aliphatic heterocycles. The number of rotatable bonds is 5. The topological polar surface area (TPSA) is 57.1 Å². The molecule has 5 nitrogen and oxygen atoms in total. The number of carbonyl (C=O) groups is 1. The molecular formula is C22H25NO4. The Balaban J connectivity index is 1.87. The van der Waals surface area contributed by atoms with Crippen molar-refractivity contribution in [3.05, 3.63) is 57.1 Å². The number of Topliss-reactive ketones (excluding diaryl/α,β-unsaturated/α-hetero) is 1. The van der Waals surface area contributed by atoms with Crippen LogP contribution in [0.3, 0.4) is 0 Å². The summed E-state index contributed by atoms with van der Waals surface area (Å²) >= 11 is 0. The Hall–Kier alpha value is -2.82. The van der Waals surface area contributed by atoms with Crippen LogP contribution < -0.4 is 9.47 Å². The maximum absolute atomic E-state index is 12.1. The summed E-state index contributed by atoms with van der Waals surface area (Å²) in [7, 11) is 0. The van der Waals surface area contributed by atoms with Crippen LogP contribution in [0.2, 0.25) is 0 Å². The van der Waals surface area contributed by atoms with E-state index in [1.54, 1.807) is 18.2 Å². The summed E-state index contributed by atoms with van der Waals surface area (Å²) in [6, 6.07) is 5.31. The van der Waals surface area contributed by atoms with Crippen LogP contribution in [0.1, 0.15) is 45.9 Å². The van der Waals surface area contributed by atoms with Gasteiger partial charge in [-0.3, -0.25) is 4.79 Å². The number of oxime groups is 1. The predicted molar refractivity (Wildman–Crippen MR) is 105 cm³/mol. The van der Waals surface area contributed by atoms with Gasteiger partial charge >= 0.3 is 0 Å². The Morgan fingerprint density at radius 3 is 2.19 bits per heavy atom. The monoisotopic (exact) mass is 367 g/mol. The van der Waals surface area contributed by atoms with Gasteiger partial charge < -0.3 is 14.3 Å². The Morgan fingerprint density at radius 2 is 1.56 bits per heavy atom. The van der Waals surface area contributed by atoms with Crippen LogP contribution in [-0.4, -0.2) is 18.3 Å². The molecule has 0 radical (unpaired) electrons. The highest BCUT2D eigenvalue weighted by Gasteiger charge is 2.18. The molecule has 0 unspecified atom stereocenters. The molecule has 142 valence electrons. The molecular weight excluding hydrogens is 342 g/mol. The van der Waals surface area contributed by atoms with E-state index in [-0.39, 0.29) is 18.3 Å². The highest BCUT2D eigenvalue weighted by molar-refractivity contribution is 6.45. The molecule has 0 saturated carbocycles. The van der Waals surface area contributed by atoms with Crippen LogP contribution in [0.5, 0.6) is 11.5 Å². The highest BCUT2D eigenvalue weighted by atomic mass is 16.7. The van der Waals surface area contributed by atoms with Gasteiger partial charge in [0.05, 0.1) is 0 Å². The van der Waals surface area contributed by atoms with Crippen molar-refractivity contribution in [2.75, 3.05) is 6.79 Å². The Kier molecular flexibility index (Phi) is 5.22. The van der Waals surface area contributed by atoms with Crippen molar-refractivity contribution >= 4 is 11.5 Å². The summed E-state index contributed by atoms with van der Waals surface area (Å²) in [6.07, 6.45) is 0. The van der Waals surface area contributed by atoms with E-state index in [2.05, 4.69) is 39.8 Å². The number of carbonyl (C=O) groups excluding carboxylic acids is 1. The first kappa shape index (κ1) is 19.0. The van der Waals surface area contributed by atoms with Crippen LogP contribution >= 0.6 is 0 Å². The second-order valence-corrected chi connectivity index (χ2v) is 6.94. The van der Waals surface area contributed by atoms with Gasteiger partial charge in [-0.1, -0.05) is 5.16 Å². The minimum absolute atomic E-state index is 0.168. The second-order valence-electron chi connectivity index (χ2n) is 6.94. The minimum Gasteiger partial charge on any atom is -0.454 e. The van der Waals surface area contributed by atoms with Crippen molar-refractivity contribution in [1.82, 2.24) is 0 Å². The summed E-state index contributed by atoms with van der Waals surface area (Å²) in [4.78, 5) is 17.7. The molecule has 0 aliphatic carbocycles. The van der Waals surface area contributed by atoms with E-state index in [0.29, 0.717) is 23.7 Å². The van der Waals surface area contributed by atoms with Crippen molar-refractivity contribution in [3.63, 3.8) is 0 Å². The smallest absolute Gasteiger partial charge is 0.231 e. The highest BCUT2D eigenvalue weighted by Crippen LogP contribution is 2.33. The third-order valence-electron chi connectivity index (χ3n) is 5.50. The zero-order valence-corrected chi connectivity index (χ0v) is 16.7. The second kappa shape index (κ2) is 7.43. The van der Waals surface area contributed by atoms with Crippen molar-refractivity contribution < 1.29 is 19.1 Å². The molecule has 0 N–H and O–H groups in total. The van der Waals surface area contributed by atoms with Crippen molar-refractivity contribution in [2.45, 2.75) is 48.1 Å². The van der Waals surface area contributed by atoms with E-state index in [0.717, 1.165) is 5.56 Å². The van der Waals surface area contributed by atoms with Gasteiger partial charge in [-0.25, -0.2) is 0 Å². The van der Waals surface area contributed by atoms with Gasteiger partial charge in [-0.15, -0.1) is 0 Å². The molecule has 0 fully saturated rings. The first-order valence-electron chi connectivity index (χ1n) is 8.98. The summed E-state index contributed by atoms with van der Waals surface area (Å²) < 4.78 is 10.7. The van der Waals surface area contributed by atoms with Crippen LogP contribution in [-0.2, 0) is 16.2 Å². The number of ether oxygens (including phenoxy) is 2. The van der Waals surface area contributed by atoms with Crippen LogP contribution in [0.4, 0.5) is 0 Å². The molecule has 0 atom stereocenters. The van der Waals surface area contributed by atoms with E-state index in [1.807, 2.05) is 0 Å². The summed E-state index contributed by atoms with van der Waals surface area (Å²) in [5, 5.41) is 4.15. The quantitative estimate of drug-likeness (QED) is 0.578. The fraction of sp³-hybridized carbons (Fsp3) is 0.364. The number of benzene rings is 2. The molecule has 0 amide bonds. The Bertz CT molecular complexity index is 915. The van der Waals surface area contributed by atoms with Crippen molar-refractivity contribution in [2.24, 2.45) is 5.16 Å². The van der Waals surface area contributed by atoms with Gasteiger partial charge in [0, 0.05) is 12.5 Å². The number of hydrogen-bond acceptors (Lipinski definition) is 5. The van der Waals surface area contributed by atoms with Gasteiger partial charge in [0.2, 0.25) is 6.79 Å². The number of nitrogens with zero attached hydrogens (tertiary/aromatic N) is 1. The van der Waals surface area contributed by atoms with Crippen LogP contribution in [0, 0.1) is 34.6 Å². The number of ketones is 1. The van der Waals surface area contributed by atoms with Gasteiger partial charge in [0.1, 0.15) is 6.61 Å².